The van der Waals surface area contributed by atoms with E-state index in [4.69, 9.17) is 9.15 Å². The Kier molecular flexibility index (Phi) is 9.12. The molecule has 1 heterocycles. The van der Waals surface area contributed by atoms with Crippen LogP contribution in [0.5, 0.6) is 0 Å². The third-order valence-electron chi connectivity index (χ3n) is 6.24. The van der Waals surface area contributed by atoms with Crippen molar-refractivity contribution in [1.29, 1.82) is 0 Å². The molecule has 0 bridgehead atoms. The zero-order valence-corrected chi connectivity index (χ0v) is 20.9. The lowest BCUT2D eigenvalue weighted by molar-refractivity contribution is -0.386. The van der Waals surface area contributed by atoms with E-state index in [1.165, 1.54) is 13.0 Å². The van der Waals surface area contributed by atoms with Crippen LogP contribution in [0.4, 0.5) is 5.69 Å². The van der Waals surface area contributed by atoms with Crippen molar-refractivity contribution in [3.05, 3.63) is 62.4 Å². The van der Waals surface area contributed by atoms with E-state index in [9.17, 15) is 19.7 Å². The molecule has 0 amide bonds. The number of benzene rings is 1. The molecule has 2 atom stereocenters. The van der Waals surface area contributed by atoms with E-state index >= 15 is 0 Å². The summed E-state index contributed by atoms with van der Waals surface area (Å²) in [5.74, 6) is -1.12. The van der Waals surface area contributed by atoms with Crippen molar-refractivity contribution in [2.24, 2.45) is 0 Å². The summed E-state index contributed by atoms with van der Waals surface area (Å²) < 4.78 is 12.0. The predicted molar refractivity (Wildman–Crippen MR) is 133 cm³/mol. The van der Waals surface area contributed by atoms with E-state index in [0.717, 1.165) is 38.8 Å². The molecule has 0 N–H and O–H groups in total. The van der Waals surface area contributed by atoms with Crippen molar-refractivity contribution in [3.63, 3.8) is 0 Å². The number of ketones is 2. The number of furan rings is 1. The maximum Gasteiger partial charge on any atom is 0.318 e. The quantitative estimate of drug-likeness (QED) is 0.184. The number of hydrogen-bond acceptors (Lipinski definition) is 7. The zero-order chi connectivity index (χ0) is 25.5. The van der Waals surface area contributed by atoms with E-state index < -0.39 is 22.6 Å². The Labute approximate surface area is 205 Å². The highest BCUT2D eigenvalue weighted by Gasteiger charge is 2.37. The van der Waals surface area contributed by atoms with Crippen molar-refractivity contribution in [1.82, 2.24) is 4.90 Å². The van der Waals surface area contributed by atoms with Crippen molar-refractivity contribution in [2.45, 2.75) is 72.1 Å². The van der Waals surface area contributed by atoms with Gasteiger partial charge in [0.2, 0.25) is 5.78 Å². The lowest BCUT2D eigenvalue weighted by Crippen LogP contribution is -2.46. The minimum Gasteiger partial charge on any atom is -0.454 e. The molecule has 2 unspecified atom stereocenters. The molecule has 1 aromatic carbocycles. The highest BCUT2D eigenvalue weighted by molar-refractivity contribution is 6.47. The van der Waals surface area contributed by atoms with Gasteiger partial charge in [0, 0.05) is 25.6 Å². The number of fused-ring (bicyclic) bond motifs is 1. The van der Waals surface area contributed by atoms with Crippen LogP contribution in [0.15, 0.2) is 34.7 Å². The minimum absolute atomic E-state index is 0.0441. The molecule has 188 valence electrons. The molecule has 8 nitrogen and oxygen atoms in total. The summed E-state index contributed by atoms with van der Waals surface area (Å²) in [6.07, 6.45) is 4.79. The second-order valence-electron chi connectivity index (χ2n) is 8.77. The number of unbranched alkanes of at least 4 members (excludes halogenated alkanes) is 2. The summed E-state index contributed by atoms with van der Waals surface area (Å²) in [6, 6.07) is 8.29. The van der Waals surface area contributed by atoms with Crippen molar-refractivity contribution in [3.8, 4) is 0 Å². The molecule has 0 aliphatic heterocycles. The molecule has 0 saturated heterocycles. The average molecular weight is 483 g/mol. The Balaban J connectivity index is 2.08. The molecule has 0 fully saturated rings. The Morgan fingerprint density at radius 3 is 2.31 bits per heavy atom. The SMILES string of the molecule is CCCCN(CCCC)C(CC)OC1C=c2oc(C)c([N+](=O)[O-])c2=C(C(=O)c2ccccc2)C1=O. The molecule has 1 aliphatic rings. The Morgan fingerprint density at radius 1 is 1.14 bits per heavy atom. The summed E-state index contributed by atoms with van der Waals surface area (Å²) in [7, 11) is 0. The Hall–Kier alpha value is -3.10. The van der Waals surface area contributed by atoms with Gasteiger partial charge in [-0.1, -0.05) is 63.9 Å². The summed E-state index contributed by atoms with van der Waals surface area (Å²) in [6.45, 7) is 9.39. The van der Waals surface area contributed by atoms with Crippen LogP contribution in [0.1, 0.15) is 69.0 Å². The molecular weight excluding hydrogens is 448 g/mol. The van der Waals surface area contributed by atoms with Gasteiger partial charge in [-0.05, 0) is 25.3 Å². The molecule has 1 aliphatic carbocycles. The van der Waals surface area contributed by atoms with Crippen LogP contribution in [-0.2, 0) is 9.53 Å². The fourth-order valence-electron chi connectivity index (χ4n) is 4.41. The lowest BCUT2D eigenvalue weighted by atomic mass is 9.92. The molecule has 0 saturated carbocycles. The number of carbonyl (C=O) groups excluding carboxylic acids is 2. The fraction of sp³-hybridized carbons (Fsp3) is 0.481. The molecule has 35 heavy (non-hydrogen) atoms. The van der Waals surface area contributed by atoms with Crippen molar-refractivity contribution < 1.29 is 23.7 Å². The van der Waals surface area contributed by atoms with E-state index in [1.807, 2.05) is 6.92 Å². The molecule has 2 aromatic rings. The first-order chi connectivity index (χ1) is 16.8. The van der Waals surface area contributed by atoms with Gasteiger partial charge in [0.15, 0.2) is 11.5 Å². The molecule has 0 spiro atoms. The number of Topliss-reactive ketones (excluding diaryl/α,β-unsaturated/α-hetero) is 2. The topological polar surface area (TPSA) is 103 Å². The van der Waals surface area contributed by atoms with Crippen LogP contribution < -0.4 is 10.6 Å². The predicted octanol–water partition coefficient (Wildman–Crippen LogP) is 3.92. The molecule has 1 aromatic heterocycles. The van der Waals surface area contributed by atoms with Crippen LogP contribution in [0.25, 0.3) is 11.6 Å². The molecule has 3 rings (SSSR count). The zero-order valence-electron chi connectivity index (χ0n) is 20.9. The summed E-state index contributed by atoms with van der Waals surface area (Å²) in [4.78, 5) is 40.6. The molecular formula is C27H34N2O6. The van der Waals surface area contributed by atoms with Crippen LogP contribution in [0.2, 0.25) is 0 Å². The standard InChI is InChI=1S/C27H34N2O6/c1-5-8-15-28(16-9-6-2)22(7-3)35-21-17-20-23(25(29(32)33)18(4)34-20)24(27(21)31)26(30)19-13-11-10-12-14-19/h10-14,17,21-22H,5-9,15-16H2,1-4H3. The smallest absolute Gasteiger partial charge is 0.318 e. The second-order valence-corrected chi connectivity index (χ2v) is 8.77. The van der Waals surface area contributed by atoms with Gasteiger partial charge in [0.25, 0.3) is 0 Å². The number of nitro groups is 1. The highest BCUT2D eigenvalue weighted by atomic mass is 16.6. The molecule has 0 radical (unpaired) electrons. The van der Waals surface area contributed by atoms with Gasteiger partial charge in [0.05, 0.1) is 10.5 Å². The fourth-order valence-corrected chi connectivity index (χ4v) is 4.41. The Bertz CT molecular complexity index is 1180. The number of rotatable bonds is 13. The summed E-state index contributed by atoms with van der Waals surface area (Å²) in [5, 5.41) is 11.8. The maximum atomic E-state index is 13.7. The van der Waals surface area contributed by atoms with Gasteiger partial charge < -0.3 is 9.15 Å². The van der Waals surface area contributed by atoms with Crippen molar-refractivity contribution >= 4 is 28.9 Å². The van der Waals surface area contributed by atoms with Gasteiger partial charge in [-0.2, -0.15) is 0 Å². The Morgan fingerprint density at radius 2 is 1.77 bits per heavy atom. The summed E-state index contributed by atoms with van der Waals surface area (Å²) >= 11 is 0. The number of hydrogen-bond donors (Lipinski definition) is 0. The van der Waals surface area contributed by atoms with Gasteiger partial charge in [-0.15, -0.1) is 0 Å². The van der Waals surface area contributed by atoms with E-state index in [1.54, 1.807) is 30.3 Å². The lowest BCUT2D eigenvalue weighted by Gasteiger charge is -2.33. The first-order valence-corrected chi connectivity index (χ1v) is 12.4. The third kappa shape index (κ3) is 5.77. The van der Waals surface area contributed by atoms with E-state index in [0.29, 0.717) is 6.42 Å². The molecule has 8 heteroatoms. The van der Waals surface area contributed by atoms with E-state index in [2.05, 4.69) is 18.7 Å². The number of ether oxygens (including phenoxy) is 1. The van der Waals surface area contributed by atoms with Gasteiger partial charge in [-0.25, -0.2) is 0 Å². The van der Waals surface area contributed by atoms with Crippen LogP contribution in [-0.4, -0.2) is 46.8 Å². The van der Waals surface area contributed by atoms with Crippen LogP contribution in [0, 0.1) is 17.0 Å². The monoisotopic (exact) mass is 482 g/mol. The summed E-state index contributed by atoms with van der Waals surface area (Å²) in [5.41, 5.74) is -0.218. The average Bonchev–Trinajstić information content (AvgIpc) is 3.18. The number of nitrogens with zero attached hydrogens (tertiary/aromatic N) is 2. The van der Waals surface area contributed by atoms with E-state index in [-0.39, 0.29) is 39.4 Å². The van der Waals surface area contributed by atoms with Crippen LogP contribution >= 0.6 is 0 Å². The third-order valence-corrected chi connectivity index (χ3v) is 6.24. The number of carbonyl (C=O) groups is 2. The first kappa shape index (κ1) is 26.5. The highest BCUT2D eigenvalue weighted by Crippen LogP contribution is 2.22. The second kappa shape index (κ2) is 12.0. The first-order valence-electron chi connectivity index (χ1n) is 12.4. The normalized spacial score (nSPS) is 16.2. The largest absolute Gasteiger partial charge is 0.454 e. The maximum absolute atomic E-state index is 13.7. The van der Waals surface area contributed by atoms with Gasteiger partial charge >= 0.3 is 5.69 Å². The number of aryl methyl sites for hydroxylation is 1. The van der Waals surface area contributed by atoms with Crippen LogP contribution in [0.3, 0.4) is 0 Å². The van der Waals surface area contributed by atoms with Crippen molar-refractivity contribution in [2.75, 3.05) is 13.1 Å². The van der Waals surface area contributed by atoms with Gasteiger partial charge in [0.1, 0.15) is 23.0 Å². The van der Waals surface area contributed by atoms with Gasteiger partial charge in [-0.3, -0.25) is 24.6 Å². The minimum atomic E-state index is -1.08.